The number of nitrogens with zero attached hydrogens (tertiary/aromatic N) is 3. The summed E-state index contributed by atoms with van der Waals surface area (Å²) in [5.74, 6) is 0.0765. The molecule has 6 nitrogen and oxygen atoms in total. The molecular formula is C21H26N4O2. The van der Waals surface area contributed by atoms with E-state index in [-0.39, 0.29) is 23.8 Å². The number of benzene rings is 1. The monoisotopic (exact) mass is 366 g/mol. The highest BCUT2D eigenvalue weighted by Crippen LogP contribution is 2.20. The predicted molar refractivity (Wildman–Crippen MR) is 103 cm³/mol. The van der Waals surface area contributed by atoms with Gasteiger partial charge in [-0.25, -0.2) is 0 Å². The van der Waals surface area contributed by atoms with Crippen LogP contribution in [0.25, 0.3) is 0 Å². The van der Waals surface area contributed by atoms with Crippen molar-refractivity contribution < 1.29 is 9.59 Å². The van der Waals surface area contributed by atoms with Gasteiger partial charge in [0.25, 0.3) is 5.91 Å². The second-order valence-corrected chi connectivity index (χ2v) is 7.19. The fraction of sp³-hybridized carbons (Fsp3) is 0.429. The lowest BCUT2D eigenvalue weighted by Gasteiger charge is -2.32. The fourth-order valence-corrected chi connectivity index (χ4v) is 3.49. The van der Waals surface area contributed by atoms with Gasteiger partial charge in [-0.05, 0) is 38.3 Å². The number of carbonyl (C=O) groups excluding carboxylic acids is 2. The highest BCUT2D eigenvalue weighted by molar-refractivity contribution is 5.95. The van der Waals surface area contributed by atoms with Gasteiger partial charge in [-0.1, -0.05) is 18.2 Å². The van der Waals surface area contributed by atoms with Gasteiger partial charge in [-0.2, -0.15) is 0 Å². The molecule has 1 saturated heterocycles. The molecule has 142 valence electrons. The number of aryl methyl sites for hydroxylation is 1. The topological polar surface area (TPSA) is 75.2 Å². The number of aromatic nitrogens is 2. The molecule has 3 rings (SSSR count). The van der Waals surface area contributed by atoms with Gasteiger partial charge in [0.1, 0.15) is 0 Å². The predicted octanol–water partition coefficient (Wildman–Crippen LogP) is 2.38. The average molecular weight is 366 g/mol. The van der Waals surface area contributed by atoms with Gasteiger partial charge < -0.3 is 10.2 Å². The molecule has 1 aromatic carbocycles. The molecule has 1 N–H and O–H groups in total. The van der Waals surface area contributed by atoms with E-state index in [1.165, 1.54) is 0 Å². The maximum Gasteiger partial charge on any atom is 0.254 e. The Morgan fingerprint density at radius 1 is 1.22 bits per heavy atom. The van der Waals surface area contributed by atoms with Crippen LogP contribution in [0, 0.1) is 12.8 Å². The van der Waals surface area contributed by atoms with Crippen LogP contribution in [0.1, 0.15) is 41.4 Å². The quantitative estimate of drug-likeness (QED) is 0.882. The molecule has 0 radical (unpaired) electrons. The number of carbonyl (C=O) groups is 2. The van der Waals surface area contributed by atoms with Crippen molar-refractivity contribution >= 4 is 11.8 Å². The molecule has 1 aliphatic rings. The minimum atomic E-state index is -0.0461. The van der Waals surface area contributed by atoms with Gasteiger partial charge in [-0.3, -0.25) is 19.6 Å². The zero-order valence-corrected chi connectivity index (χ0v) is 15.9. The van der Waals surface area contributed by atoms with Crippen LogP contribution in [-0.4, -0.2) is 45.8 Å². The summed E-state index contributed by atoms with van der Waals surface area (Å²) in [5, 5.41) is 3.07. The SMILES string of the molecule is Cc1ccccc1C(=O)N1CCC(C(=O)N[C@@H](C)Cc2cnccn2)CC1. The molecule has 0 aliphatic carbocycles. The van der Waals surface area contributed by atoms with Crippen LogP contribution >= 0.6 is 0 Å². The number of likely N-dealkylation sites (tertiary alicyclic amines) is 1. The lowest BCUT2D eigenvalue weighted by Crippen LogP contribution is -2.45. The Bertz CT molecular complexity index is 786. The van der Waals surface area contributed by atoms with Crippen LogP contribution in [0.3, 0.4) is 0 Å². The van der Waals surface area contributed by atoms with Crippen LogP contribution in [0.5, 0.6) is 0 Å². The average Bonchev–Trinajstić information content (AvgIpc) is 2.68. The van der Waals surface area contributed by atoms with Crippen molar-refractivity contribution in [2.75, 3.05) is 13.1 Å². The maximum absolute atomic E-state index is 12.7. The normalized spacial score (nSPS) is 16.0. The third-order valence-electron chi connectivity index (χ3n) is 5.05. The van der Waals surface area contributed by atoms with Crippen molar-refractivity contribution in [3.63, 3.8) is 0 Å². The zero-order valence-electron chi connectivity index (χ0n) is 15.9. The molecule has 0 spiro atoms. The van der Waals surface area contributed by atoms with E-state index in [0.29, 0.717) is 32.4 Å². The molecule has 1 fully saturated rings. The van der Waals surface area contributed by atoms with Crippen molar-refractivity contribution in [1.82, 2.24) is 20.2 Å². The van der Waals surface area contributed by atoms with Crippen molar-refractivity contribution in [2.24, 2.45) is 5.92 Å². The third kappa shape index (κ3) is 4.90. The molecule has 0 saturated carbocycles. The Hall–Kier alpha value is -2.76. The molecule has 27 heavy (non-hydrogen) atoms. The van der Waals surface area contributed by atoms with Gasteiger partial charge in [0.15, 0.2) is 0 Å². The summed E-state index contributed by atoms with van der Waals surface area (Å²) < 4.78 is 0. The number of piperidine rings is 1. The number of amides is 2. The van der Waals surface area contributed by atoms with E-state index in [9.17, 15) is 9.59 Å². The van der Waals surface area contributed by atoms with Crippen molar-refractivity contribution in [3.8, 4) is 0 Å². The Morgan fingerprint density at radius 2 is 1.96 bits per heavy atom. The summed E-state index contributed by atoms with van der Waals surface area (Å²) in [4.78, 5) is 35.4. The molecule has 6 heteroatoms. The Morgan fingerprint density at radius 3 is 2.63 bits per heavy atom. The number of hydrogen-bond donors (Lipinski definition) is 1. The Balaban J connectivity index is 1.49. The smallest absolute Gasteiger partial charge is 0.254 e. The largest absolute Gasteiger partial charge is 0.353 e. The Labute approximate surface area is 160 Å². The summed E-state index contributed by atoms with van der Waals surface area (Å²) >= 11 is 0. The Kier molecular flexibility index (Phi) is 6.16. The molecule has 1 aliphatic heterocycles. The molecule has 2 amide bonds. The van der Waals surface area contributed by atoms with Crippen LogP contribution < -0.4 is 5.32 Å². The first-order valence-electron chi connectivity index (χ1n) is 9.44. The van der Waals surface area contributed by atoms with E-state index in [1.54, 1.807) is 18.6 Å². The first kappa shape index (κ1) is 19.0. The molecular weight excluding hydrogens is 340 g/mol. The van der Waals surface area contributed by atoms with Crippen molar-refractivity contribution in [2.45, 2.75) is 39.2 Å². The van der Waals surface area contributed by atoms with Gasteiger partial charge >= 0.3 is 0 Å². The van der Waals surface area contributed by atoms with Crippen LogP contribution in [0.15, 0.2) is 42.9 Å². The summed E-state index contributed by atoms with van der Waals surface area (Å²) in [5.41, 5.74) is 2.60. The molecule has 2 aromatic rings. The molecule has 2 heterocycles. The van der Waals surface area contributed by atoms with Crippen molar-refractivity contribution in [3.05, 3.63) is 59.7 Å². The fourth-order valence-electron chi connectivity index (χ4n) is 3.49. The second-order valence-electron chi connectivity index (χ2n) is 7.19. The number of hydrogen-bond acceptors (Lipinski definition) is 4. The van der Waals surface area contributed by atoms with Crippen LogP contribution in [0.4, 0.5) is 0 Å². The van der Waals surface area contributed by atoms with E-state index in [0.717, 1.165) is 16.8 Å². The highest BCUT2D eigenvalue weighted by atomic mass is 16.2. The number of nitrogens with one attached hydrogen (secondary N) is 1. The second kappa shape index (κ2) is 8.75. The van der Waals surface area contributed by atoms with Crippen LogP contribution in [-0.2, 0) is 11.2 Å². The lowest BCUT2D eigenvalue weighted by molar-refractivity contribution is -0.126. The summed E-state index contributed by atoms with van der Waals surface area (Å²) in [6.45, 7) is 5.16. The lowest BCUT2D eigenvalue weighted by atomic mass is 9.94. The molecule has 1 atom stereocenters. The van der Waals surface area contributed by atoms with Gasteiger partial charge in [-0.15, -0.1) is 0 Å². The van der Waals surface area contributed by atoms with Gasteiger partial charge in [0.05, 0.1) is 5.69 Å². The van der Waals surface area contributed by atoms with E-state index < -0.39 is 0 Å². The van der Waals surface area contributed by atoms with E-state index in [4.69, 9.17) is 0 Å². The first-order chi connectivity index (χ1) is 13.0. The van der Waals surface area contributed by atoms with E-state index in [1.807, 2.05) is 43.0 Å². The van der Waals surface area contributed by atoms with E-state index >= 15 is 0 Å². The minimum Gasteiger partial charge on any atom is -0.353 e. The molecule has 1 aromatic heterocycles. The molecule has 0 bridgehead atoms. The summed E-state index contributed by atoms with van der Waals surface area (Å²) in [6.07, 6.45) is 7.06. The maximum atomic E-state index is 12.7. The minimum absolute atomic E-state index is 0.000768. The van der Waals surface area contributed by atoms with E-state index in [2.05, 4.69) is 15.3 Å². The molecule has 0 unspecified atom stereocenters. The third-order valence-corrected chi connectivity index (χ3v) is 5.05. The zero-order chi connectivity index (χ0) is 19.2. The van der Waals surface area contributed by atoms with Crippen LogP contribution in [0.2, 0.25) is 0 Å². The van der Waals surface area contributed by atoms with Crippen molar-refractivity contribution in [1.29, 1.82) is 0 Å². The number of rotatable bonds is 5. The van der Waals surface area contributed by atoms with Gasteiger partial charge in [0.2, 0.25) is 5.91 Å². The summed E-state index contributed by atoms with van der Waals surface area (Å²) in [7, 11) is 0. The summed E-state index contributed by atoms with van der Waals surface area (Å²) in [6, 6.07) is 7.64. The first-order valence-corrected chi connectivity index (χ1v) is 9.44. The standard InChI is InChI=1S/C21H26N4O2/c1-15-5-3-4-6-19(15)21(27)25-11-7-17(8-12-25)20(26)24-16(2)13-18-14-22-9-10-23-18/h3-6,9-10,14,16-17H,7-8,11-13H2,1-2H3,(H,24,26)/t16-/m0/s1. The highest BCUT2D eigenvalue weighted by Gasteiger charge is 2.28. The van der Waals surface area contributed by atoms with Gasteiger partial charge in [0, 0.05) is 55.6 Å².